The van der Waals surface area contributed by atoms with Gasteiger partial charge in [0.05, 0.1) is 52.1 Å². The smallest absolute Gasteiger partial charge is 0.338 e. The maximum absolute atomic E-state index is 13.9. The second-order valence-electron chi connectivity index (χ2n) is 9.31. The quantitative estimate of drug-likeness (QED) is 0.112. The van der Waals surface area contributed by atoms with Gasteiger partial charge in [0.15, 0.2) is 4.80 Å². The van der Waals surface area contributed by atoms with Crippen molar-refractivity contribution in [2.24, 2.45) is 4.99 Å². The fourth-order valence-corrected chi connectivity index (χ4v) is 5.74. The molecule has 1 aliphatic heterocycles. The molecular formula is C31H27N3O8S. The number of fused-ring (bicyclic) bond motifs is 1. The van der Waals surface area contributed by atoms with Crippen molar-refractivity contribution in [3.05, 3.63) is 120 Å². The lowest BCUT2D eigenvalue weighted by molar-refractivity contribution is -0.384. The van der Waals surface area contributed by atoms with E-state index in [2.05, 4.69) is 11.6 Å². The van der Waals surface area contributed by atoms with E-state index in [1.807, 2.05) is 0 Å². The summed E-state index contributed by atoms with van der Waals surface area (Å²) in [6.45, 7) is 7.60. The van der Waals surface area contributed by atoms with E-state index in [4.69, 9.17) is 18.6 Å². The summed E-state index contributed by atoms with van der Waals surface area (Å²) in [7, 11) is 1.41. The summed E-state index contributed by atoms with van der Waals surface area (Å²) in [5.41, 5.74) is 1.45. The van der Waals surface area contributed by atoms with Crippen LogP contribution in [0.4, 0.5) is 5.69 Å². The number of furan rings is 1. The van der Waals surface area contributed by atoms with Gasteiger partial charge in [-0.1, -0.05) is 36.1 Å². The monoisotopic (exact) mass is 601 g/mol. The standard InChI is InChI=1S/C31H27N3O8S/c1-5-15-41-21-10-7-19(8-11-21)28-27(30(36)40-6-2)18(3)32-31-33(28)29(35)26(43-31)17-22-12-14-24(42-22)23-13-9-20(34(37)38)16-25(23)39-4/h5,7-14,16-17,28H,1,6,15H2,2-4H3/b26-17-/t28-/m1/s1. The first-order valence-corrected chi connectivity index (χ1v) is 14.0. The van der Waals surface area contributed by atoms with Crippen LogP contribution < -0.4 is 24.4 Å². The molecule has 11 nitrogen and oxygen atoms in total. The number of thiazole rings is 1. The predicted molar refractivity (Wildman–Crippen MR) is 160 cm³/mol. The van der Waals surface area contributed by atoms with Crippen LogP contribution in [0.5, 0.6) is 11.5 Å². The molecule has 1 atom stereocenters. The van der Waals surface area contributed by atoms with Gasteiger partial charge >= 0.3 is 5.97 Å². The summed E-state index contributed by atoms with van der Waals surface area (Å²) in [6, 6.07) is 14.0. The lowest BCUT2D eigenvalue weighted by Crippen LogP contribution is -2.39. The number of aromatic nitrogens is 1. The number of hydrogen-bond donors (Lipinski definition) is 0. The summed E-state index contributed by atoms with van der Waals surface area (Å²) >= 11 is 1.16. The van der Waals surface area contributed by atoms with Crippen molar-refractivity contribution in [2.45, 2.75) is 19.9 Å². The van der Waals surface area contributed by atoms with Crippen LogP contribution >= 0.6 is 11.3 Å². The van der Waals surface area contributed by atoms with Crippen molar-refractivity contribution in [1.82, 2.24) is 4.57 Å². The van der Waals surface area contributed by atoms with E-state index >= 15 is 0 Å². The number of non-ortho nitro benzene ring substituents is 1. The third-order valence-electron chi connectivity index (χ3n) is 6.64. The Kier molecular flexibility index (Phi) is 8.39. The van der Waals surface area contributed by atoms with Crippen molar-refractivity contribution < 1.29 is 28.3 Å². The Morgan fingerprint density at radius 1 is 1.21 bits per heavy atom. The normalized spacial score (nSPS) is 14.6. The number of carbonyl (C=O) groups is 1. The van der Waals surface area contributed by atoms with Crippen LogP contribution in [0.25, 0.3) is 17.4 Å². The first kappa shape index (κ1) is 29.3. The Bertz CT molecular complexity index is 1930. The number of benzene rings is 2. The third-order valence-corrected chi connectivity index (χ3v) is 7.63. The average Bonchev–Trinajstić information content (AvgIpc) is 3.59. The molecule has 0 amide bonds. The van der Waals surface area contributed by atoms with Gasteiger partial charge < -0.3 is 18.6 Å². The number of hydrogen-bond acceptors (Lipinski definition) is 10. The van der Waals surface area contributed by atoms with Crippen molar-refractivity contribution in [2.75, 3.05) is 20.3 Å². The topological polar surface area (TPSA) is 135 Å². The van der Waals surface area contributed by atoms with E-state index in [1.54, 1.807) is 68.5 Å². The molecule has 0 fully saturated rings. The third kappa shape index (κ3) is 5.77. The summed E-state index contributed by atoms with van der Waals surface area (Å²) < 4.78 is 24.1. The average molecular weight is 602 g/mol. The second kappa shape index (κ2) is 12.3. The fourth-order valence-electron chi connectivity index (χ4n) is 4.71. The Hall–Kier alpha value is -5.23. The Labute approximate surface area is 249 Å². The number of rotatable bonds is 10. The molecule has 0 saturated heterocycles. The molecule has 43 heavy (non-hydrogen) atoms. The number of nitro benzene ring substituents is 1. The molecule has 5 rings (SSSR count). The van der Waals surface area contributed by atoms with Gasteiger partial charge in [-0.3, -0.25) is 19.5 Å². The summed E-state index contributed by atoms with van der Waals surface area (Å²) in [6.07, 6.45) is 3.24. The molecule has 2 aromatic heterocycles. The molecule has 0 spiro atoms. The zero-order chi connectivity index (χ0) is 30.7. The largest absolute Gasteiger partial charge is 0.496 e. The highest BCUT2D eigenvalue weighted by Crippen LogP contribution is 2.35. The van der Waals surface area contributed by atoms with E-state index in [-0.39, 0.29) is 29.2 Å². The van der Waals surface area contributed by atoms with Crippen molar-refractivity contribution in [1.29, 1.82) is 0 Å². The Balaban J connectivity index is 1.58. The molecule has 3 heterocycles. The molecule has 0 aliphatic carbocycles. The zero-order valence-electron chi connectivity index (χ0n) is 23.6. The molecule has 4 aromatic rings. The Morgan fingerprint density at radius 3 is 2.65 bits per heavy atom. The molecule has 1 aliphatic rings. The lowest BCUT2D eigenvalue weighted by atomic mass is 9.96. The van der Waals surface area contributed by atoms with Gasteiger partial charge in [0.1, 0.15) is 29.6 Å². The summed E-state index contributed by atoms with van der Waals surface area (Å²) in [4.78, 5) is 42.6. The highest BCUT2D eigenvalue weighted by molar-refractivity contribution is 7.07. The van der Waals surface area contributed by atoms with Crippen LogP contribution in [-0.4, -0.2) is 35.8 Å². The molecule has 12 heteroatoms. The number of allylic oxidation sites excluding steroid dienone is 1. The number of carbonyl (C=O) groups excluding carboxylic acids is 1. The minimum atomic E-state index is -0.776. The number of ether oxygens (including phenoxy) is 3. The first-order chi connectivity index (χ1) is 20.7. The minimum Gasteiger partial charge on any atom is -0.496 e. The van der Waals surface area contributed by atoms with Gasteiger partial charge in [-0.05, 0) is 49.7 Å². The number of esters is 1. The van der Waals surface area contributed by atoms with Gasteiger partial charge in [-0.25, -0.2) is 9.79 Å². The molecule has 220 valence electrons. The van der Waals surface area contributed by atoms with E-state index < -0.39 is 16.9 Å². The highest BCUT2D eigenvalue weighted by atomic mass is 32.1. The fraction of sp³-hybridized carbons (Fsp3) is 0.194. The molecular weight excluding hydrogens is 574 g/mol. The van der Waals surface area contributed by atoms with Gasteiger partial charge in [-0.2, -0.15) is 0 Å². The van der Waals surface area contributed by atoms with Gasteiger partial charge in [0.25, 0.3) is 11.2 Å². The van der Waals surface area contributed by atoms with E-state index in [1.165, 1.54) is 23.8 Å². The summed E-state index contributed by atoms with van der Waals surface area (Å²) in [5, 5.41) is 11.2. The molecule has 0 saturated carbocycles. The SMILES string of the molecule is C=CCOc1ccc([C@@H]2C(C(=O)OCC)=C(C)N=c3s/c(=C\c4ccc(-c5ccc([N+](=O)[O-])cc5OC)o4)c(=O)n32)cc1. The van der Waals surface area contributed by atoms with Crippen LogP contribution in [0.1, 0.15) is 31.2 Å². The van der Waals surface area contributed by atoms with Crippen molar-refractivity contribution in [3.8, 4) is 22.8 Å². The number of methoxy groups -OCH3 is 1. The maximum Gasteiger partial charge on any atom is 0.338 e. The molecule has 0 unspecified atom stereocenters. The van der Waals surface area contributed by atoms with Gasteiger partial charge in [0.2, 0.25) is 0 Å². The van der Waals surface area contributed by atoms with E-state index in [0.717, 1.165) is 11.3 Å². The van der Waals surface area contributed by atoms with Crippen molar-refractivity contribution in [3.63, 3.8) is 0 Å². The van der Waals surface area contributed by atoms with E-state index in [0.29, 0.717) is 50.0 Å². The predicted octanol–water partition coefficient (Wildman–Crippen LogP) is 4.54. The zero-order valence-corrected chi connectivity index (χ0v) is 24.4. The molecule has 0 radical (unpaired) electrons. The van der Waals surface area contributed by atoms with Crippen LogP contribution in [0.2, 0.25) is 0 Å². The Morgan fingerprint density at radius 2 is 1.98 bits per heavy atom. The molecule has 0 N–H and O–H groups in total. The second-order valence-corrected chi connectivity index (χ2v) is 10.3. The van der Waals surface area contributed by atoms with Gasteiger partial charge in [0, 0.05) is 12.1 Å². The molecule has 2 aromatic carbocycles. The first-order valence-electron chi connectivity index (χ1n) is 13.2. The van der Waals surface area contributed by atoms with Crippen molar-refractivity contribution >= 4 is 29.1 Å². The van der Waals surface area contributed by atoms with Crippen LogP contribution in [0, 0.1) is 10.1 Å². The lowest BCUT2D eigenvalue weighted by Gasteiger charge is -2.24. The van der Waals surface area contributed by atoms with E-state index in [9.17, 15) is 19.7 Å². The van der Waals surface area contributed by atoms with Crippen LogP contribution in [0.3, 0.4) is 0 Å². The molecule has 0 bridgehead atoms. The minimum absolute atomic E-state index is 0.112. The van der Waals surface area contributed by atoms with Gasteiger partial charge in [-0.15, -0.1) is 0 Å². The summed E-state index contributed by atoms with van der Waals surface area (Å²) in [5.74, 6) is 1.12. The highest BCUT2D eigenvalue weighted by Gasteiger charge is 2.33. The van der Waals surface area contributed by atoms with Crippen LogP contribution in [-0.2, 0) is 9.53 Å². The number of nitrogens with zero attached hydrogens (tertiary/aromatic N) is 3. The van der Waals surface area contributed by atoms with Crippen LogP contribution in [0.15, 0.2) is 92.7 Å². The number of nitro groups is 1. The maximum atomic E-state index is 13.9.